The van der Waals surface area contributed by atoms with E-state index in [1.807, 2.05) is 6.92 Å². The van der Waals surface area contributed by atoms with Gasteiger partial charge in [0.05, 0.1) is 0 Å². The molecule has 0 aromatic heterocycles. The lowest BCUT2D eigenvalue weighted by Gasteiger charge is -2.31. The van der Waals surface area contributed by atoms with E-state index < -0.39 is 0 Å². The third-order valence-electron chi connectivity index (χ3n) is 1.72. The zero-order chi connectivity index (χ0) is 8.27. The van der Waals surface area contributed by atoms with Gasteiger partial charge >= 0.3 is 0 Å². The second kappa shape index (κ2) is 3.88. The van der Waals surface area contributed by atoms with Crippen molar-refractivity contribution in [2.45, 2.75) is 20.1 Å². The zero-order valence-corrected chi connectivity index (χ0v) is 7.70. The van der Waals surface area contributed by atoms with Crippen molar-refractivity contribution in [2.24, 2.45) is 5.92 Å². The van der Waals surface area contributed by atoms with Crippen LogP contribution in [0.4, 0.5) is 0 Å². The van der Waals surface area contributed by atoms with Crippen LogP contribution in [-0.4, -0.2) is 24.5 Å². The van der Waals surface area contributed by atoms with E-state index in [9.17, 15) is 0 Å². The standard InChI is InChI=1S/C7H14N2OS/c1-3-10-6-5(2)4-8-7(11)9-6/h5-6H,3-4H2,1-2H3,(H2,8,9,11)/t5-,6-/m0/s1. The van der Waals surface area contributed by atoms with E-state index in [1.165, 1.54) is 0 Å². The maximum atomic E-state index is 5.43. The van der Waals surface area contributed by atoms with Crippen LogP contribution in [0.15, 0.2) is 0 Å². The molecule has 4 heteroatoms. The predicted octanol–water partition coefficient (Wildman–Crippen LogP) is 0.463. The molecule has 11 heavy (non-hydrogen) atoms. The summed E-state index contributed by atoms with van der Waals surface area (Å²) >= 11 is 4.95. The summed E-state index contributed by atoms with van der Waals surface area (Å²) in [6.07, 6.45) is 0.0914. The quantitative estimate of drug-likeness (QED) is 0.596. The van der Waals surface area contributed by atoms with Gasteiger partial charge in [-0.1, -0.05) is 6.92 Å². The molecule has 0 aliphatic carbocycles. The minimum Gasteiger partial charge on any atom is -0.362 e. The van der Waals surface area contributed by atoms with Crippen molar-refractivity contribution in [3.8, 4) is 0 Å². The van der Waals surface area contributed by atoms with Gasteiger partial charge in [0.2, 0.25) is 0 Å². The fourth-order valence-corrected chi connectivity index (χ4v) is 1.27. The van der Waals surface area contributed by atoms with Gasteiger partial charge in [-0.25, -0.2) is 0 Å². The van der Waals surface area contributed by atoms with Gasteiger partial charge in [0.1, 0.15) is 6.23 Å². The van der Waals surface area contributed by atoms with Crippen LogP contribution >= 0.6 is 12.2 Å². The number of rotatable bonds is 2. The molecule has 0 saturated carbocycles. The van der Waals surface area contributed by atoms with Crippen LogP contribution in [0.5, 0.6) is 0 Å². The van der Waals surface area contributed by atoms with Gasteiger partial charge < -0.3 is 15.4 Å². The number of hydrogen-bond donors (Lipinski definition) is 2. The first-order chi connectivity index (χ1) is 5.24. The average Bonchev–Trinajstić information content (AvgIpc) is 1.98. The van der Waals surface area contributed by atoms with Crippen LogP contribution in [0.2, 0.25) is 0 Å². The Balaban J connectivity index is 2.40. The van der Waals surface area contributed by atoms with Crippen molar-refractivity contribution >= 4 is 17.3 Å². The molecule has 0 aromatic carbocycles. The van der Waals surface area contributed by atoms with E-state index in [0.29, 0.717) is 11.0 Å². The summed E-state index contributed by atoms with van der Waals surface area (Å²) in [6, 6.07) is 0. The predicted molar refractivity (Wildman–Crippen MR) is 48.3 cm³/mol. The molecule has 1 aliphatic rings. The molecule has 0 aromatic rings. The molecule has 3 nitrogen and oxygen atoms in total. The van der Waals surface area contributed by atoms with E-state index in [4.69, 9.17) is 17.0 Å². The number of ether oxygens (including phenoxy) is 1. The molecular formula is C7H14N2OS. The molecule has 1 rings (SSSR count). The second-order valence-electron chi connectivity index (χ2n) is 2.71. The van der Waals surface area contributed by atoms with Crippen LogP contribution in [-0.2, 0) is 4.74 Å². The Bertz CT molecular complexity index is 151. The summed E-state index contributed by atoms with van der Waals surface area (Å²) in [5.41, 5.74) is 0. The largest absolute Gasteiger partial charge is 0.362 e. The lowest BCUT2D eigenvalue weighted by Crippen LogP contribution is -2.54. The monoisotopic (exact) mass is 174 g/mol. The zero-order valence-electron chi connectivity index (χ0n) is 6.89. The minimum absolute atomic E-state index is 0.0914. The van der Waals surface area contributed by atoms with Crippen molar-refractivity contribution in [1.29, 1.82) is 0 Å². The second-order valence-corrected chi connectivity index (χ2v) is 3.12. The van der Waals surface area contributed by atoms with Gasteiger partial charge in [0, 0.05) is 19.1 Å². The van der Waals surface area contributed by atoms with Crippen LogP contribution in [0.25, 0.3) is 0 Å². The van der Waals surface area contributed by atoms with E-state index in [1.54, 1.807) is 0 Å². The highest BCUT2D eigenvalue weighted by Gasteiger charge is 2.22. The highest BCUT2D eigenvalue weighted by molar-refractivity contribution is 7.80. The van der Waals surface area contributed by atoms with Crippen molar-refractivity contribution < 1.29 is 4.74 Å². The summed E-state index contributed by atoms with van der Waals surface area (Å²) in [4.78, 5) is 0. The molecular weight excluding hydrogens is 160 g/mol. The first kappa shape index (κ1) is 8.74. The van der Waals surface area contributed by atoms with Gasteiger partial charge in [0.25, 0.3) is 0 Å². The Morgan fingerprint density at radius 2 is 2.45 bits per heavy atom. The molecule has 1 saturated heterocycles. The molecule has 1 heterocycles. The van der Waals surface area contributed by atoms with Crippen LogP contribution < -0.4 is 10.6 Å². The molecule has 1 fully saturated rings. The van der Waals surface area contributed by atoms with Gasteiger partial charge in [-0.2, -0.15) is 0 Å². The lowest BCUT2D eigenvalue weighted by atomic mass is 10.1. The summed E-state index contributed by atoms with van der Waals surface area (Å²) in [5, 5.41) is 6.82. The van der Waals surface area contributed by atoms with Gasteiger partial charge in [-0.3, -0.25) is 0 Å². The van der Waals surface area contributed by atoms with Crippen molar-refractivity contribution in [3.63, 3.8) is 0 Å². The molecule has 0 spiro atoms. The minimum atomic E-state index is 0.0914. The van der Waals surface area contributed by atoms with E-state index in [-0.39, 0.29) is 6.23 Å². The van der Waals surface area contributed by atoms with Gasteiger partial charge in [0.15, 0.2) is 5.11 Å². The average molecular weight is 174 g/mol. The molecule has 0 bridgehead atoms. The molecule has 64 valence electrons. The van der Waals surface area contributed by atoms with Crippen molar-refractivity contribution in [2.75, 3.05) is 13.2 Å². The van der Waals surface area contributed by atoms with E-state index in [2.05, 4.69) is 17.6 Å². The van der Waals surface area contributed by atoms with E-state index in [0.717, 1.165) is 13.2 Å². The third-order valence-corrected chi connectivity index (χ3v) is 1.98. The van der Waals surface area contributed by atoms with E-state index >= 15 is 0 Å². The van der Waals surface area contributed by atoms with Crippen molar-refractivity contribution in [3.05, 3.63) is 0 Å². The molecule has 0 amide bonds. The maximum Gasteiger partial charge on any atom is 0.168 e. The molecule has 0 unspecified atom stereocenters. The number of thiocarbonyl (C=S) groups is 1. The van der Waals surface area contributed by atoms with Gasteiger partial charge in [-0.15, -0.1) is 0 Å². The van der Waals surface area contributed by atoms with Crippen LogP contribution in [0.3, 0.4) is 0 Å². The van der Waals surface area contributed by atoms with Crippen LogP contribution in [0.1, 0.15) is 13.8 Å². The highest BCUT2D eigenvalue weighted by atomic mass is 32.1. The Hall–Kier alpha value is -0.350. The number of hydrogen-bond acceptors (Lipinski definition) is 2. The first-order valence-electron chi connectivity index (χ1n) is 3.90. The van der Waals surface area contributed by atoms with Crippen molar-refractivity contribution in [1.82, 2.24) is 10.6 Å². The summed E-state index contributed by atoms with van der Waals surface area (Å²) in [5.74, 6) is 0.474. The Morgan fingerprint density at radius 3 is 3.09 bits per heavy atom. The molecule has 0 radical (unpaired) electrons. The summed E-state index contributed by atoms with van der Waals surface area (Å²) in [6.45, 7) is 5.74. The fraction of sp³-hybridized carbons (Fsp3) is 0.857. The SMILES string of the molecule is CCO[C@@H]1NC(=S)NC[C@@H]1C. The topological polar surface area (TPSA) is 33.3 Å². The number of nitrogens with one attached hydrogen (secondary N) is 2. The normalized spacial score (nSPS) is 30.9. The summed E-state index contributed by atoms with van der Waals surface area (Å²) < 4.78 is 5.43. The highest BCUT2D eigenvalue weighted by Crippen LogP contribution is 2.06. The smallest absolute Gasteiger partial charge is 0.168 e. The summed E-state index contributed by atoms with van der Waals surface area (Å²) in [7, 11) is 0. The molecule has 2 N–H and O–H groups in total. The Labute approximate surface area is 72.5 Å². The first-order valence-corrected chi connectivity index (χ1v) is 4.31. The Kier molecular flexibility index (Phi) is 3.08. The maximum absolute atomic E-state index is 5.43. The lowest BCUT2D eigenvalue weighted by molar-refractivity contribution is 0.00980. The van der Waals surface area contributed by atoms with Crippen LogP contribution in [0, 0.1) is 5.92 Å². The van der Waals surface area contributed by atoms with Gasteiger partial charge in [-0.05, 0) is 19.1 Å². The molecule has 2 atom stereocenters. The third kappa shape index (κ3) is 2.31. The Morgan fingerprint density at radius 1 is 1.73 bits per heavy atom. The fourth-order valence-electron chi connectivity index (χ4n) is 1.07. The molecule has 1 aliphatic heterocycles.